The highest BCUT2D eigenvalue weighted by Crippen LogP contribution is 2.65. The van der Waals surface area contributed by atoms with Crippen molar-refractivity contribution in [1.82, 2.24) is 20.9 Å². The zero-order valence-electron chi connectivity index (χ0n) is 22.4. The van der Waals surface area contributed by atoms with Crippen molar-refractivity contribution >= 4 is 23.7 Å². The van der Waals surface area contributed by atoms with Gasteiger partial charge in [0.15, 0.2) is 0 Å². The number of aliphatic carboxylic acids is 1. The van der Waals surface area contributed by atoms with E-state index >= 15 is 0 Å². The molecular formula is C28H43N5O4. The van der Waals surface area contributed by atoms with Crippen molar-refractivity contribution in [2.45, 2.75) is 103 Å². The van der Waals surface area contributed by atoms with Gasteiger partial charge >= 0.3 is 12.0 Å². The first kappa shape index (κ1) is 27.2. The lowest BCUT2D eigenvalue weighted by molar-refractivity contribution is -0.139. The minimum absolute atomic E-state index is 0.0342. The summed E-state index contributed by atoms with van der Waals surface area (Å²) < 4.78 is 0. The van der Waals surface area contributed by atoms with Crippen molar-refractivity contribution in [3.05, 3.63) is 23.9 Å². The third kappa shape index (κ3) is 5.85. The Hall–Kier alpha value is -2.84. The van der Waals surface area contributed by atoms with Gasteiger partial charge in [0.05, 0.1) is 0 Å². The maximum absolute atomic E-state index is 13.6. The van der Waals surface area contributed by atoms with E-state index in [4.69, 9.17) is 5.73 Å². The maximum atomic E-state index is 13.6. The molecule has 1 aromatic heterocycles. The minimum Gasteiger partial charge on any atom is -0.480 e. The summed E-state index contributed by atoms with van der Waals surface area (Å²) in [6, 6.07) is 0.851. The Morgan fingerprint density at radius 3 is 2.35 bits per heavy atom. The van der Waals surface area contributed by atoms with Gasteiger partial charge in [-0.2, -0.15) is 0 Å². The molecule has 5 atom stereocenters. The third-order valence-electron chi connectivity index (χ3n) is 9.92. The molecule has 3 aliphatic rings. The number of nitrogens with zero attached hydrogens (tertiary/aromatic N) is 1. The molecule has 3 amide bonds. The fraction of sp³-hybridized carbons (Fsp3) is 0.714. The van der Waals surface area contributed by atoms with Crippen LogP contribution in [0.4, 0.5) is 10.6 Å². The summed E-state index contributed by atoms with van der Waals surface area (Å²) in [5.41, 5.74) is 6.46. The van der Waals surface area contributed by atoms with E-state index in [1.165, 1.54) is 19.0 Å². The molecule has 0 aliphatic heterocycles. The monoisotopic (exact) mass is 513 g/mol. The number of anilines is 1. The third-order valence-corrected chi connectivity index (χ3v) is 9.92. The number of rotatable bonds is 9. The number of nitrogens with one attached hydrogen (secondary N) is 3. The van der Waals surface area contributed by atoms with Crippen LogP contribution in [0.15, 0.2) is 18.3 Å². The van der Waals surface area contributed by atoms with Crippen molar-refractivity contribution in [3.8, 4) is 0 Å². The van der Waals surface area contributed by atoms with Crippen LogP contribution in [0.1, 0.15) is 84.1 Å². The van der Waals surface area contributed by atoms with Crippen LogP contribution in [-0.4, -0.2) is 46.1 Å². The molecule has 6 N–H and O–H groups in total. The Kier molecular flexibility index (Phi) is 7.99. The molecule has 3 aliphatic carbocycles. The Morgan fingerprint density at radius 1 is 1.08 bits per heavy atom. The van der Waals surface area contributed by atoms with Crippen LogP contribution in [0.5, 0.6) is 0 Å². The van der Waals surface area contributed by atoms with E-state index in [1.807, 2.05) is 0 Å². The second kappa shape index (κ2) is 10.9. The number of hydrogen-bond donors (Lipinski definition) is 5. The second-order valence-electron chi connectivity index (χ2n) is 12.3. The number of aromatic nitrogens is 1. The first-order valence-electron chi connectivity index (χ1n) is 13.8. The number of carbonyl (C=O) groups is 3. The molecule has 0 radical (unpaired) electrons. The number of fused-ring (bicyclic) bond motifs is 2. The van der Waals surface area contributed by atoms with Crippen LogP contribution in [-0.2, 0) is 16.0 Å². The Morgan fingerprint density at radius 2 is 1.78 bits per heavy atom. The Bertz CT molecular complexity index is 991. The number of carbonyl (C=O) groups excluding carboxylic acids is 2. The van der Waals surface area contributed by atoms with E-state index < -0.39 is 24.1 Å². The van der Waals surface area contributed by atoms with Crippen molar-refractivity contribution in [1.29, 1.82) is 0 Å². The lowest BCUT2D eigenvalue weighted by Gasteiger charge is -2.40. The van der Waals surface area contributed by atoms with Crippen molar-refractivity contribution in [3.63, 3.8) is 0 Å². The molecule has 2 bridgehead atoms. The Balaban J connectivity index is 1.42. The summed E-state index contributed by atoms with van der Waals surface area (Å²) in [5, 5.41) is 18.4. The van der Waals surface area contributed by atoms with Crippen molar-refractivity contribution in [2.24, 2.45) is 22.7 Å². The van der Waals surface area contributed by atoms with Crippen LogP contribution >= 0.6 is 0 Å². The summed E-state index contributed by atoms with van der Waals surface area (Å²) in [7, 11) is 0. The van der Waals surface area contributed by atoms with Gasteiger partial charge < -0.3 is 26.8 Å². The average Bonchev–Trinajstić information content (AvgIpc) is 3.18. The van der Waals surface area contributed by atoms with Gasteiger partial charge in [-0.15, -0.1) is 0 Å². The van der Waals surface area contributed by atoms with Gasteiger partial charge in [-0.25, -0.2) is 14.6 Å². The molecule has 204 valence electrons. The Labute approximate surface area is 219 Å². The van der Waals surface area contributed by atoms with E-state index in [9.17, 15) is 19.5 Å². The predicted octanol–water partition coefficient (Wildman–Crippen LogP) is 3.63. The lowest BCUT2D eigenvalue weighted by atomic mass is 9.69. The SMILES string of the molecule is CC1(C)[C@@H]2CC[C@@]1(C)[C@@H](NC(=O)[C@@H](CC1CCCCC1)NC(=O)N[C@@H](Cc1ccc(N)nc1)C(=O)O)C2. The van der Waals surface area contributed by atoms with E-state index in [-0.39, 0.29) is 29.2 Å². The fourth-order valence-electron chi connectivity index (χ4n) is 7.03. The summed E-state index contributed by atoms with van der Waals surface area (Å²) in [5.74, 6) is -0.0177. The van der Waals surface area contributed by atoms with E-state index in [2.05, 4.69) is 41.7 Å². The molecule has 9 heteroatoms. The van der Waals surface area contributed by atoms with Crippen molar-refractivity contribution < 1.29 is 19.5 Å². The number of carboxylic acids is 1. The first-order chi connectivity index (χ1) is 17.5. The number of urea groups is 1. The summed E-state index contributed by atoms with van der Waals surface area (Å²) in [4.78, 5) is 42.4. The molecule has 9 nitrogen and oxygen atoms in total. The molecule has 3 saturated carbocycles. The van der Waals surface area contributed by atoms with Gasteiger partial charge in [-0.3, -0.25) is 4.79 Å². The smallest absolute Gasteiger partial charge is 0.326 e. The van der Waals surface area contributed by atoms with Crippen LogP contribution in [0.25, 0.3) is 0 Å². The number of amides is 3. The number of pyridine rings is 1. The molecule has 3 fully saturated rings. The fourth-order valence-corrected chi connectivity index (χ4v) is 7.03. The summed E-state index contributed by atoms with van der Waals surface area (Å²) >= 11 is 0. The molecule has 0 aromatic carbocycles. The number of hydrogen-bond acceptors (Lipinski definition) is 5. The van der Waals surface area contributed by atoms with Crippen LogP contribution < -0.4 is 21.7 Å². The molecule has 0 unspecified atom stereocenters. The molecule has 0 spiro atoms. The summed E-state index contributed by atoms with van der Waals surface area (Å²) in [6.45, 7) is 6.90. The number of carboxylic acid groups (broad SMARTS) is 1. The molecule has 1 heterocycles. The van der Waals surface area contributed by atoms with E-state index in [0.717, 1.165) is 38.5 Å². The highest BCUT2D eigenvalue weighted by molar-refractivity contribution is 5.89. The van der Waals surface area contributed by atoms with Gasteiger partial charge in [0, 0.05) is 18.7 Å². The highest BCUT2D eigenvalue weighted by atomic mass is 16.4. The average molecular weight is 514 g/mol. The van der Waals surface area contributed by atoms with Gasteiger partial charge in [0.1, 0.15) is 17.9 Å². The molecular weight excluding hydrogens is 470 g/mol. The van der Waals surface area contributed by atoms with Gasteiger partial charge in [0.2, 0.25) is 5.91 Å². The highest BCUT2D eigenvalue weighted by Gasteiger charge is 2.61. The number of nitrogen functional groups attached to an aromatic ring is 1. The first-order valence-corrected chi connectivity index (χ1v) is 13.8. The lowest BCUT2D eigenvalue weighted by Crippen LogP contribution is -2.57. The summed E-state index contributed by atoms with van der Waals surface area (Å²) in [6.07, 6.45) is 11.0. The molecule has 37 heavy (non-hydrogen) atoms. The predicted molar refractivity (Wildman–Crippen MR) is 142 cm³/mol. The van der Waals surface area contributed by atoms with Crippen molar-refractivity contribution in [2.75, 3.05) is 5.73 Å². The molecule has 0 saturated heterocycles. The van der Waals surface area contributed by atoms with Gasteiger partial charge in [-0.05, 0) is 60.0 Å². The zero-order valence-corrected chi connectivity index (χ0v) is 22.4. The van der Waals surface area contributed by atoms with Gasteiger partial charge in [0.25, 0.3) is 0 Å². The van der Waals surface area contributed by atoms with Crippen LogP contribution in [0.3, 0.4) is 0 Å². The quantitative estimate of drug-likeness (QED) is 0.341. The van der Waals surface area contributed by atoms with E-state index in [0.29, 0.717) is 29.6 Å². The van der Waals surface area contributed by atoms with Crippen LogP contribution in [0.2, 0.25) is 0 Å². The standard InChI is InChI=1S/C28H43N5O4/c1-27(2)19-11-12-28(27,3)22(15-19)33-24(34)20(13-17-7-5-4-6-8-17)31-26(37)32-21(25(35)36)14-18-9-10-23(29)30-16-18/h9-10,16-17,19-22H,4-8,11-15H2,1-3H3,(H2,29,30)(H,33,34)(H,35,36)(H2,31,32,37)/t19-,20-,21+,22+,28+/m1/s1. The maximum Gasteiger partial charge on any atom is 0.326 e. The molecule has 4 rings (SSSR count). The van der Waals surface area contributed by atoms with Crippen LogP contribution in [0, 0.1) is 22.7 Å². The largest absolute Gasteiger partial charge is 0.480 e. The normalized spacial score (nSPS) is 28.3. The number of nitrogens with two attached hydrogens (primary N) is 1. The zero-order chi connectivity index (χ0) is 26.8. The molecule has 1 aromatic rings. The second-order valence-corrected chi connectivity index (χ2v) is 12.3. The topological polar surface area (TPSA) is 146 Å². The van der Waals surface area contributed by atoms with Gasteiger partial charge in [-0.1, -0.05) is 58.9 Å². The van der Waals surface area contributed by atoms with E-state index in [1.54, 1.807) is 12.1 Å². The minimum atomic E-state index is -1.16.